The van der Waals surface area contributed by atoms with Gasteiger partial charge in [-0.05, 0) is 51.4 Å². The fourth-order valence-electron chi connectivity index (χ4n) is 7.84. The number of allylic oxidation sites excluding steroid dienone is 6. The van der Waals surface area contributed by atoms with E-state index in [2.05, 4.69) is 57.2 Å². The first-order valence-electron chi connectivity index (χ1n) is 27.9. The van der Waals surface area contributed by atoms with Crippen LogP contribution in [0, 0.1) is 0 Å². The molecule has 0 aromatic heterocycles. The van der Waals surface area contributed by atoms with Crippen LogP contribution in [-0.4, -0.2) is 66.5 Å². The molecule has 12 heteroatoms. The molecule has 0 aliphatic carbocycles. The molecule has 0 heterocycles. The predicted molar refractivity (Wildman–Crippen MR) is 279 cm³/mol. The summed E-state index contributed by atoms with van der Waals surface area (Å²) in [6, 6.07) is 0. The van der Waals surface area contributed by atoms with Crippen molar-refractivity contribution in [3.05, 3.63) is 36.5 Å². The van der Waals surface area contributed by atoms with Crippen LogP contribution >= 0.6 is 7.82 Å². The zero-order valence-electron chi connectivity index (χ0n) is 43.8. The maximum Gasteiger partial charge on any atom is 0.472 e. The zero-order chi connectivity index (χ0) is 49.9. The zero-order valence-corrected chi connectivity index (χ0v) is 44.7. The Morgan fingerprint density at radius 1 is 0.426 bits per heavy atom. The fraction of sp³-hybridized carbons (Fsp3) is 0.839. The number of phosphoric ester groups is 1. The van der Waals surface area contributed by atoms with Crippen LogP contribution in [0.25, 0.3) is 0 Å². The number of unbranched alkanes of at least 4 members (excludes halogenated alkanes) is 29. The summed E-state index contributed by atoms with van der Waals surface area (Å²) >= 11 is 0. The van der Waals surface area contributed by atoms with Gasteiger partial charge in [-0.15, -0.1) is 0 Å². The van der Waals surface area contributed by atoms with Crippen LogP contribution in [0.4, 0.5) is 0 Å². The minimum Gasteiger partial charge on any atom is -0.462 e. The summed E-state index contributed by atoms with van der Waals surface area (Å²) in [5.41, 5.74) is 0. The highest BCUT2D eigenvalue weighted by Crippen LogP contribution is 2.43. The number of ether oxygens (including phenoxy) is 3. The summed E-state index contributed by atoms with van der Waals surface area (Å²) in [6.07, 6.45) is 51.0. The third-order valence-electron chi connectivity index (χ3n) is 12.1. The van der Waals surface area contributed by atoms with E-state index in [1.807, 2.05) is 0 Å². The van der Waals surface area contributed by atoms with E-state index in [1.165, 1.54) is 116 Å². The van der Waals surface area contributed by atoms with Crippen molar-refractivity contribution >= 4 is 25.7 Å². The average molecular weight is 983 g/mol. The number of carbonyl (C=O) groups excluding carboxylic acids is 3. The van der Waals surface area contributed by atoms with E-state index in [1.54, 1.807) is 0 Å². The lowest BCUT2D eigenvalue weighted by Crippen LogP contribution is -2.30. The van der Waals surface area contributed by atoms with E-state index in [9.17, 15) is 28.9 Å². The van der Waals surface area contributed by atoms with Crippen LogP contribution in [0.5, 0.6) is 0 Å². The highest BCUT2D eigenvalue weighted by molar-refractivity contribution is 7.47. The molecule has 0 aromatic rings. The summed E-state index contributed by atoms with van der Waals surface area (Å²) in [7, 11) is -4.74. The molecular formula is C56H103O11P. The number of carbonyl (C=O) groups is 3. The third kappa shape index (κ3) is 48.7. The molecule has 2 N–H and O–H groups in total. The highest BCUT2D eigenvalue weighted by atomic mass is 31.2. The van der Waals surface area contributed by atoms with Gasteiger partial charge in [-0.3, -0.25) is 23.4 Å². The molecule has 68 heavy (non-hydrogen) atoms. The molecule has 0 aromatic carbocycles. The molecule has 11 nitrogen and oxygen atoms in total. The molecule has 0 saturated heterocycles. The van der Waals surface area contributed by atoms with Gasteiger partial charge in [-0.1, -0.05) is 231 Å². The van der Waals surface area contributed by atoms with E-state index < -0.39 is 57.8 Å². The fourth-order valence-corrected chi connectivity index (χ4v) is 8.63. The SMILES string of the molecule is CC/C=C\C/C=C\C/C=C\CCCCCCCCCC(=O)OCC(COP(=O)(O)OCC(CO)OC(=O)CCCCCCCCCCCCC)OC(=O)CCCCCCCCCCCCCCC. The van der Waals surface area contributed by atoms with Crippen molar-refractivity contribution in [2.45, 2.75) is 277 Å². The van der Waals surface area contributed by atoms with Gasteiger partial charge in [-0.25, -0.2) is 4.57 Å². The number of esters is 3. The van der Waals surface area contributed by atoms with E-state index in [-0.39, 0.29) is 25.9 Å². The van der Waals surface area contributed by atoms with Gasteiger partial charge < -0.3 is 24.2 Å². The molecular weight excluding hydrogens is 880 g/mol. The molecule has 0 radical (unpaired) electrons. The van der Waals surface area contributed by atoms with Crippen LogP contribution in [0.15, 0.2) is 36.5 Å². The van der Waals surface area contributed by atoms with E-state index in [0.717, 1.165) is 89.9 Å². The lowest BCUT2D eigenvalue weighted by molar-refractivity contribution is -0.161. The Balaban J connectivity index is 4.70. The molecule has 3 atom stereocenters. The Morgan fingerprint density at radius 2 is 0.765 bits per heavy atom. The Labute approximate surface area is 416 Å². The van der Waals surface area contributed by atoms with Crippen molar-refractivity contribution in [3.8, 4) is 0 Å². The quantitative estimate of drug-likeness (QED) is 0.0197. The first-order valence-corrected chi connectivity index (χ1v) is 29.4. The van der Waals surface area contributed by atoms with E-state index in [4.69, 9.17) is 23.3 Å². The first kappa shape index (κ1) is 65.7. The van der Waals surface area contributed by atoms with Gasteiger partial charge in [0.05, 0.1) is 19.8 Å². The minimum atomic E-state index is -4.74. The Morgan fingerprint density at radius 3 is 1.18 bits per heavy atom. The number of rotatable bonds is 52. The summed E-state index contributed by atoms with van der Waals surface area (Å²) in [6.45, 7) is 4.54. The largest absolute Gasteiger partial charge is 0.472 e. The molecule has 3 unspecified atom stereocenters. The minimum absolute atomic E-state index is 0.171. The Kier molecular flexibility index (Phi) is 49.3. The molecule has 0 saturated carbocycles. The number of hydrogen-bond donors (Lipinski definition) is 2. The van der Waals surface area contributed by atoms with Crippen molar-refractivity contribution in [2.75, 3.05) is 26.4 Å². The second-order valence-electron chi connectivity index (χ2n) is 18.7. The summed E-state index contributed by atoms with van der Waals surface area (Å²) < 4.78 is 39.4. The summed E-state index contributed by atoms with van der Waals surface area (Å²) in [5.74, 6) is -1.46. The molecule has 0 rings (SSSR count). The van der Waals surface area contributed by atoms with E-state index in [0.29, 0.717) is 19.3 Å². The van der Waals surface area contributed by atoms with Crippen molar-refractivity contribution in [2.24, 2.45) is 0 Å². The Bertz CT molecular complexity index is 1280. The van der Waals surface area contributed by atoms with Crippen LogP contribution in [-0.2, 0) is 42.2 Å². The lowest BCUT2D eigenvalue weighted by atomic mass is 10.0. The second-order valence-corrected chi connectivity index (χ2v) is 20.2. The number of aliphatic hydroxyl groups is 1. The van der Waals surface area contributed by atoms with Gasteiger partial charge in [-0.2, -0.15) is 0 Å². The lowest BCUT2D eigenvalue weighted by Gasteiger charge is -2.21. The van der Waals surface area contributed by atoms with Gasteiger partial charge >= 0.3 is 25.7 Å². The number of phosphoric acid groups is 1. The van der Waals surface area contributed by atoms with Gasteiger partial charge in [0, 0.05) is 19.3 Å². The van der Waals surface area contributed by atoms with Gasteiger partial charge in [0.25, 0.3) is 0 Å². The molecule has 0 aliphatic rings. The predicted octanol–water partition coefficient (Wildman–Crippen LogP) is 16.0. The van der Waals surface area contributed by atoms with Crippen molar-refractivity contribution in [1.29, 1.82) is 0 Å². The maximum atomic E-state index is 12.9. The Hall–Kier alpha value is -2.30. The molecule has 0 spiro atoms. The van der Waals surface area contributed by atoms with Gasteiger partial charge in [0.2, 0.25) is 0 Å². The van der Waals surface area contributed by atoms with Crippen molar-refractivity contribution in [3.63, 3.8) is 0 Å². The van der Waals surface area contributed by atoms with Crippen LogP contribution in [0.2, 0.25) is 0 Å². The molecule has 0 bridgehead atoms. The van der Waals surface area contributed by atoms with Gasteiger partial charge in [0.15, 0.2) is 6.10 Å². The molecule has 398 valence electrons. The maximum absolute atomic E-state index is 12.9. The monoisotopic (exact) mass is 983 g/mol. The first-order chi connectivity index (χ1) is 33.2. The number of hydrogen-bond acceptors (Lipinski definition) is 10. The average Bonchev–Trinajstić information content (AvgIpc) is 3.32. The van der Waals surface area contributed by atoms with Crippen molar-refractivity contribution < 1.29 is 52.2 Å². The standard InChI is InChI=1S/C56H103O11P/c1-4-7-10-13-16-19-22-24-25-26-27-29-31-33-36-39-42-45-54(58)63-49-53(67-56(60)47-44-41-38-35-32-28-23-20-17-14-11-8-5-2)51-65-68(61,62)64-50-52(48-57)66-55(59)46-43-40-37-34-30-21-18-15-12-9-6-3/h7,10,16,19,24-25,52-53,57H,4-6,8-9,11-15,17-18,20-23,26-51H2,1-3H3,(H,61,62)/b10-7-,19-16-,25-24-. The number of aliphatic hydroxyl groups excluding tert-OH is 1. The second kappa shape index (κ2) is 51.1. The van der Waals surface area contributed by atoms with Crippen LogP contribution in [0.1, 0.15) is 265 Å². The third-order valence-corrected chi connectivity index (χ3v) is 13.0. The molecule has 0 amide bonds. The molecule has 0 aliphatic heterocycles. The molecule has 0 fully saturated rings. The summed E-state index contributed by atoms with van der Waals surface area (Å²) in [4.78, 5) is 48.4. The summed E-state index contributed by atoms with van der Waals surface area (Å²) in [5, 5.41) is 9.78. The van der Waals surface area contributed by atoms with Gasteiger partial charge in [0.1, 0.15) is 12.7 Å². The normalized spacial score (nSPS) is 13.7. The highest BCUT2D eigenvalue weighted by Gasteiger charge is 2.28. The van der Waals surface area contributed by atoms with Crippen LogP contribution < -0.4 is 0 Å². The van der Waals surface area contributed by atoms with Crippen molar-refractivity contribution in [1.82, 2.24) is 0 Å². The van der Waals surface area contributed by atoms with E-state index >= 15 is 0 Å². The smallest absolute Gasteiger partial charge is 0.462 e. The van der Waals surface area contributed by atoms with Crippen LogP contribution in [0.3, 0.4) is 0 Å². The topological polar surface area (TPSA) is 155 Å².